The standard InChI is InChI=1S/C15H17ClN4O/c1-3-7-17-13-9-18-12(8-19-13)15(21)20-14-10(2)5-4-6-11(14)16/h4-6,8-9H,3,7H2,1-2H3,(H,17,19)(H,20,21). The van der Waals surface area contributed by atoms with Crippen molar-refractivity contribution in [1.82, 2.24) is 9.97 Å². The van der Waals surface area contributed by atoms with E-state index in [9.17, 15) is 4.79 Å². The van der Waals surface area contributed by atoms with Crippen molar-refractivity contribution in [3.8, 4) is 0 Å². The molecule has 2 N–H and O–H groups in total. The third-order valence-electron chi connectivity index (χ3n) is 2.90. The maximum Gasteiger partial charge on any atom is 0.275 e. The first-order valence-electron chi connectivity index (χ1n) is 6.74. The fraction of sp³-hybridized carbons (Fsp3) is 0.267. The Kier molecular flexibility index (Phi) is 5.11. The van der Waals surface area contributed by atoms with Gasteiger partial charge in [0.2, 0.25) is 0 Å². The third-order valence-corrected chi connectivity index (χ3v) is 3.22. The van der Waals surface area contributed by atoms with Crippen LogP contribution in [0.2, 0.25) is 5.02 Å². The van der Waals surface area contributed by atoms with E-state index in [1.54, 1.807) is 12.3 Å². The smallest absolute Gasteiger partial charge is 0.275 e. The quantitative estimate of drug-likeness (QED) is 0.887. The maximum atomic E-state index is 12.2. The van der Waals surface area contributed by atoms with Crippen LogP contribution in [0.4, 0.5) is 11.5 Å². The second-order valence-corrected chi connectivity index (χ2v) is 5.01. The Morgan fingerprint density at radius 2 is 2.10 bits per heavy atom. The molecule has 0 unspecified atom stereocenters. The van der Waals surface area contributed by atoms with Gasteiger partial charge in [0.25, 0.3) is 5.91 Å². The summed E-state index contributed by atoms with van der Waals surface area (Å²) in [5, 5.41) is 6.36. The minimum Gasteiger partial charge on any atom is -0.369 e. The van der Waals surface area contributed by atoms with E-state index in [2.05, 4.69) is 27.5 Å². The molecule has 0 saturated heterocycles. The number of aryl methyl sites for hydroxylation is 1. The molecule has 0 bridgehead atoms. The Morgan fingerprint density at radius 3 is 2.71 bits per heavy atom. The molecule has 1 amide bonds. The summed E-state index contributed by atoms with van der Waals surface area (Å²) < 4.78 is 0. The number of carbonyl (C=O) groups is 1. The van der Waals surface area contributed by atoms with E-state index in [4.69, 9.17) is 11.6 Å². The van der Waals surface area contributed by atoms with Gasteiger partial charge >= 0.3 is 0 Å². The highest BCUT2D eigenvalue weighted by molar-refractivity contribution is 6.34. The zero-order valence-electron chi connectivity index (χ0n) is 12.0. The predicted octanol–water partition coefficient (Wildman–Crippen LogP) is 3.51. The van der Waals surface area contributed by atoms with Crippen LogP contribution in [0.5, 0.6) is 0 Å². The molecule has 5 nitrogen and oxygen atoms in total. The first-order chi connectivity index (χ1) is 10.1. The van der Waals surface area contributed by atoms with Gasteiger partial charge in [0, 0.05) is 6.54 Å². The SMILES string of the molecule is CCCNc1cnc(C(=O)Nc2c(C)cccc2Cl)cn1. The highest BCUT2D eigenvalue weighted by Gasteiger charge is 2.12. The zero-order valence-corrected chi connectivity index (χ0v) is 12.7. The lowest BCUT2D eigenvalue weighted by molar-refractivity contribution is 0.102. The Bertz CT molecular complexity index is 608. The first-order valence-corrected chi connectivity index (χ1v) is 7.12. The second kappa shape index (κ2) is 7.04. The van der Waals surface area contributed by atoms with Crippen molar-refractivity contribution >= 4 is 29.0 Å². The minimum absolute atomic E-state index is 0.247. The van der Waals surface area contributed by atoms with Crippen molar-refractivity contribution in [1.29, 1.82) is 0 Å². The van der Waals surface area contributed by atoms with Crippen LogP contribution in [-0.4, -0.2) is 22.4 Å². The second-order valence-electron chi connectivity index (χ2n) is 4.60. The van der Waals surface area contributed by atoms with Crippen LogP contribution in [0.15, 0.2) is 30.6 Å². The summed E-state index contributed by atoms with van der Waals surface area (Å²) in [5.41, 5.74) is 1.74. The summed E-state index contributed by atoms with van der Waals surface area (Å²) in [5.74, 6) is 0.322. The predicted molar refractivity (Wildman–Crippen MR) is 85.0 cm³/mol. The summed E-state index contributed by atoms with van der Waals surface area (Å²) >= 11 is 6.08. The van der Waals surface area contributed by atoms with Gasteiger partial charge in [-0.25, -0.2) is 9.97 Å². The molecule has 0 fully saturated rings. The largest absolute Gasteiger partial charge is 0.369 e. The first kappa shape index (κ1) is 15.3. The van der Waals surface area contributed by atoms with Gasteiger partial charge in [-0.15, -0.1) is 0 Å². The van der Waals surface area contributed by atoms with Crippen molar-refractivity contribution in [2.24, 2.45) is 0 Å². The summed E-state index contributed by atoms with van der Waals surface area (Å²) in [6.45, 7) is 4.76. The van der Waals surface area contributed by atoms with Crippen LogP contribution < -0.4 is 10.6 Å². The number of nitrogens with one attached hydrogen (secondary N) is 2. The molecular formula is C15H17ClN4O. The molecule has 2 aromatic rings. The molecule has 6 heteroatoms. The van der Waals surface area contributed by atoms with Gasteiger partial charge in [0.05, 0.1) is 23.1 Å². The van der Waals surface area contributed by atoms with Crippen LogP contribution in [-0.2, 0) is 0 Å². The fourth-order valence-corrected chi connectivity index (χ4v) is 2.03. The molecule has 110 valence electrons. The lowest BCUT2D eigenvalue weighted by atomic mass is 10.2. The van der Waals surface area contributed by atoms with Crippen LogP contribution in [0.3, 0.4) is 0 Å². The van der Waals surface area contributed by atoms with Gasteiger partial charge in [-0.2, -0.15) is 0 Å². The Hall–Kier alpha value is -2.14. The monoisotopic (exact) mass is 304 g/mol. The molecule has 0 spiro atoms. The molecule has 1 aromatic heterocycles. The number of amides is 1. The number of carbonyl (C=O) groups excluding carboxylic acids is 1. The van der Waals surface area contributed by atoms with Crippen molar-refractivity contribution in [2.45, 2.75) is 20.3 Å². The molecule has 2 rings (SSSR count). The number of aromatic nitrogens is 2. The van der Waals surface area contributed by atoms with Crippen LogP contribution in [0.1, 0.15) is 29.4 Å². The van der Waals surface area contributed by atoms with Crippen LogP contribution >= 0.6 is 11.6 Å². The number of nitrogens with zero attached hydrogens (tertiary/aromatic N) is 2. The highest BCUT2D eigenvalue weighted by atomic mass is 35.5. The van der Waals surface area contributed by atoms with Gasteiger partial charge in [-0.05, 0) is 25.0 Å². The van der Waals surface area contributed by atoms with Crippen LogP contribution in [0.25, 0.3) is 0 Å². The van der Waals surface area contributed by atoms with Crippen LogP contribution in [0, 0.1) is 6.92 Å². The average molecular weight is 305 g/mol. The molecule has 0 aliphatic heterocycles. The number of hydrogen-bond donors (Lipinski definition) is 2. The number of benzene rings is 1. The normalized spacial score (nSPS) is 10.2. The number of halogens is 1. The Labute approximate surface area is 128 Å². The zero-order chi connectivity index (χ0) is 15.2. The highest BCUT2D eigenvalue weighted by Crippen LogP contribution is 2.25. The van der Waals surface area contributed by atoms with E-state index in [0.29, 0.717) is 16.5 Å². The molecule has 0 aliphatic rings. The van der Waals surface area contributed by atoms with E-state index in [1.165, 1.54) is 6.20 Å². The van der Waals surface area contributed by atoms with Gasteiger partial charge in [-0.1, -0.05) is 30.7 Å². The molecule has 0 aliphatic carbocycles. The van der Waals surface area contributed by atoms with E-state index in [0.717, 1.165) is 18.5 Å². The average Bonchev–Trinajstić information content (AvgIpc) is 2.49. The minimum atomic E-state index is -0.333. The fourth-order valence-electron chi connectivity index (χ4n) is 1.76. The number of rotatable bonds is 5. The molecule has 1 aromatic carbocycles. The molecule has 0 atom stereocenters. The summed E-state index contributed by atoms with van der Waals surface area (Å²) in [4.78, 5) is 20.4. The van der Waals surface area contributed by atoms with E-state index < -0.39 is 0 Å². The Balaban J connectivity index is 2.10. The van der Waals surface area contributed by atoms with E-state index in [-0.39, 0.29) is 11.6 Å². The number of para-hydroxylation sites is 1. The van der Waals surface area contributed by atoms with Crippen molar-refractivity contribution in [3.05, 3.63) is 46.9 Å². The van der Waals surface area contributed by atoms with Crippen molar-refractivity contribution < 1.29 is 4.79 Å². The molecular weight excluding hydrogens is 288 g/mol. The Morgan fingerprint density at radius 1 is 1.29 bits per heavy atom. The lowest BCUT2D eigenvalue weighted by Crippen LogP contribution is -2.15. The van der Waals surface area contributed by atoms with Gasteiger partial charge < -0.3 is 10.6 Å². The maximum absolute atomic E-state index is 12.2. The van der Waals surface area contributed by atoms with E-state index >= 15 is 0 Å². The van der Waals surface area contributed by atoms with Crippen molar-refractivity contribution in [3.63, 3.8) is 0 Å². The molecule has 21 heavy (non-hydrogen) atoms. The lowest BCUT2D eigenvalue weighted by Gasteiger charge is -2.10. The molecule has 0 saturated carbocycles. The number of anilines is 2. The molecule has 0 radical (unpaired) electrons. The van der Waals surface area contributed by atoms with Gasteiger partial charge in [0.1, 0.15) is 11.5 Å². The summed E-state index contributed by atoms with van der Waals surface area (Å²) in [6, 6.07) is 5.44. The van der Waals surface area contributed by atoms with Crippen molar-refractivity contribution in [2.75, 3.05) is 17.2 Å². The van der Waals surface area contributed by atoms with Gasteiger partial charge in [-0.3, -0.25) is 4.79 Å². The molecule has 1 heterocycles. The van der Waals surface area contributed by atoms with E-state index in [1.807, 2.05) is 19.1 Å². The van der Waals surface area contributed by atoms with Gasteiger partial charge in [0.15, 0.2) is 0 Å². The topological polar surface area (TPSA) is 66.9 Å². The number of hydrogen-bond acceptors (Lipinski definition) is 4. The summed E-state index contributed by atoms with van der Waals surface area (Å²) in [7, 11) is 0. The third kappa shape index (κ3) is 3.92. The summed E-state index contributed by atoms with van der Waals surface area (Å²) in [6.07, 6.45) is 3.99.